The fraction of sp³-hybridized carbons (Fsp3) is 0.400. The minimum absolute atomic E-state index is 0.105. The highest BCUT2D eigenvalue weighted by Gasteiger charge is 2.40. The number of amides is 3. The Morgan fingerprint density at radius 3 is 2.35 bits per heavy atom. The fourth-order valence-corrected chi connectivity index (χ4v) is 9.64. The van der Waals surface area contributed by atoms with Crippen molar-refractivity contribution in [2.75, 3.05) is 62.2 Å². The minimum Gasteiger partial charge on any atom is -0.508 e. The second kappa shape index (κ2) is 15.1. The number of rotatable bonds is 7. The van der Waals surface area contributed by atoms with Gasteiger partial charge in [0.25, 0.3) is 5.91 Å². The van der Waals surface area contributed by atoms with Crippen LogP contribution >= 0.6 is 0 Å². The maximum Gasteiger partial charge on any atom is 0.255 e. The molecule has 296 valence electrons. The number of aryl methyl sites for hydroxylation is 1. The van der Waals surface area contributed by atoms with Gasteiger partial charge in [-0.05, 0) is 96.8 Å². The van der Waals surface area contributed by atoms with E-state index in [2.05, 4.69) is 26.1 Å². The van der Waals surface area contributed by atoms with Crippen molar-refractivity contribution in [2.24, 2.45) is 5.92 Å². The Bertz CT molecular complexity index is 2230. The molecule has 4 aromatic rings. The minimum atomic E-state index is -0.618. The number of piperazine rings is 1. The van der Waals surface area contributed by atoms with Gasteiger partial charge in [0.15, 0.2) is 0 Å². The molecule has 10 nitrogen and oxygen atoms in total. The number of carbonyl (C=O) groups excluding carboxylic acids is 3. The summed E-state index contributed by atoms with van der Waals surface area (Å²) in [5, 5.41) is 12.5. The summed E-state index contributed by atoms with van der Waals surface area (Å²) < 4.78 is 36.4. The zero-order valence-electron chi connectivity index (χ0n) is 32.1. The Morgan fingerprint density at radius 2 is 1.60 bits per heavy atom. The van der Waals surface area contributed by atoms with Crippen LogP contribution in [0, 0.1) is 24.5 Å². The molecule has 12 heteroatoms. The molecule has 0 radical (unpaired) electrons. The van der Waals surface area contributed by atoms with Crippen molar-refractivity contribution in [3.8, 4) is 11.5 Å². The van der Waals surface area contributed by atoms with Crippen molar-refractivity contribution >= 4 is 29.1 Å². The molecular weight excluding hydrogens is 729 g/mol. The number of imide groups is 1. The molecule has 0 aromatic heterocycles. The second-order valence-electron chi connectivity index (χ2n) is 16.3. The highest BCUT2D eigenvalue weighted by molar-refractivity contribution is 6.05. The van der Waals surface area contributed by atoms with Crippen molar-refractivity contribution < 1.29 is 33.0 Å². The number of fused-ring (bicyclic) bond motifs is 2. The lowest BCUT2D eigenvalue weighted by atomic mass is 9.75. The summed E-state index contributed by atoms with van der Waals surface area (Å²) in [5.74, 6) is -0.579. The fourth-order valence-electron chi connectivity index (χ4n) is 9.64. The molecule has 0 spiro atoms. The second-order valence-corrected chi connectivity index (χ2v) is 16.3. The van der Waals surface area contributed by atoms with E-state index in [-0.39, 0.29) is 47.5 Å². The number of phenolic OH excluding ortho intramolecular Hbond substituents is 1. The van der Waals surface area contributed by atoms with Gasteiger partial charge in [-0.15, -0.1) is 0 Å². The molecule has 0 saturated carbocycles. The maximum atomic E-state index is 16.1. The number of hydrogen-bond donors (Lipinski definition) is 2. The number of piperidine rings is 2. The van der Waals surface area contributed by atoms with Crippen LogP contribution < -0.4 is 19.9 Å². The molecule has 3 atom stereocenters. The first kappa shape index (κ1) is 37.1. The molecule has 1 unspecified atom stereocenters. The van der Waals surface area contributed by atoms with Crippen molar-refractivity contribution in [3.63, 3.8) is 0 Å². The molecule has 57 heavy (non-hydrogen) atoms. The van der Waals surface area contributed by atoms with E-state index >= 15 is 4.39 Å². The molecule has 3 amide bonds. The van der Waals surface area contributed by atoms with Crippen LogP contribution in [0.1, 0.15) is 75.7 Å². The van der Waals surface area contributed by atoms with Crippen LogP contribution in [-0.2, 0) is 16.1 Å². The zero-order chi connectivity index (χ0) is 39.4. The molecule has 5 heterocycles. The summed E-state index contributed by atoms with van der Waals surface area (Å²) in [5.41, 5.74) is 6.38. The first-order valence-electron chi connectivity index (χ1n) is 20.1. The smallest absolute Gasteiger partial charge is 0.255 e. The van der Waals surface area contributed by atoms with Gasteiger partial charge in [0, 0.05) is 93.5 Å². The molecule has 5 aliphatic rings. The number of nitrogens with zero attached hydrogens (tertiary/aromatic N) is 4. The number of benzene rings is 4. The Kier molecular flexibility index (Phi) is 9.84. The third kappa shape index (κ3) is 7.20. The van der Waals surface area contributed by atoms with Crippen LogP contribution in [0.3, 0.4) is 0 Å². The lowest BCUT2D eigenvalue weighted by Crippen LogP contribution is -2.52. The molecule has 0 bridgehead atoms. The lowest BCUT2D eigenvalue weighted by Gasteiger charge is -2.40. The van der Waals surface area contributed by atoms with Crippen molar-refractivity contribution in [2.45, 2.75) is 57.0 Å². The van der Waals surface area contributed by atoms with E-state index in [4.69, 9.17) is 4.74 Å². The number of anilines is 2. The van der Waals surface area contributed by atoms with Gasteiger partial charge in [-0.25, -0.2) is 8.78 Å². The summed E-state index contributed by atoms with van der Waals surface area (Å²) in [7, 11) is 0. The molecule has 0 aliphatic carbocycles. The largest absolute Gasteiger partial charge is 0.508 e. The normalized spacial score (nSPS) is 23.0. The van der Waals surface area contributed by atoms with Crippen LogP contribution in [0.25, 0.3) is 0 Å². The molecular formula is C45H47F2N5O5. The summed E-state index contributed by atoms with van der Waals surface area (Å²) >= 11 is 0. The van der Waals surface area contributed by atoms with Gasteiger partial charge >= 0.3 is 0 Å². The van der Waals surface area contributed by atoms with E-state index in [0.29, 0.717) is 48.1 Å². The lowest BCUT2D eigenvalue weighted by molar-refractivity contribution is -0.136. The Morgan fingerprint density at radius 1 is 0.807 bits per heavy atom. The number of nitrogens with one attached hydrogen (secondary N) is 1. The van der Waals surface area contributed by atoms with Crippen molar-refractivity contribution in [1.29, 1.82) is 0 Å². The number of halogens is 2. The van der Waals surface area contributed by atoms with Gasteiger partial charge in [-0.3, -0.25) is 24.6 Å². The summed E-state index contributed by atoms with van der Waals surface area (Å²) in [4.78, 5) is 45.9. The number of carbonyl (C=O) groups is 3. The topological polar surface area (TPSA) is 106 Å². The van der Waals surface area contributed by atoms with Gasteiger partial charge in [0.1, 0.15) is 29.2 Å². The predicted octanol–water partition coefficient (Wildman–Crippen LogP) is 6.09. The number of ether oxygens (including phenoxy) is 1. The Balaban J connectivity index is 0.803. The van der Waals surface area contributed by atoms with Crippen LogP contribution in [0.2, 0.25) is 0 Å². The summed E-state index contributed by atoms with van der Waals surface area (Å²) in [6.45, 7) is 8.61. The van der Waals surface area contributed by atoms with Crippen molar-refractivity contribution in [1.82, 2.24) is 15.1 Å². The maximum absolute atomic E-state index is 16.1. The molecule has 9 rings (SSSR count). The van der Waals surface area contributed by atoms with Gasteiger partial charge in [0.05, 0.1) is 12.3 Å². The molecule has 3 fully saturated rings. The van der Waals surface area contributed by atoms with E-state index in [1.807, 2.05) is 36.4 Å². The molecule has 2 N–H and O–H groups in total. The highest BCUT2D eigenvalue weighted by Crippen LogP contribution is 2.48. The quantitative estimate of drug-likeness (QED) is 0.218. The third-order valence-corrected chi connectivity index (χ3v) is 12.8. The average Bonchev–Trinajstić information content (AvgIpc) is 3.53. The summed E-state index contributed by atoms with van der Waals surface area (Å²) in [6, 6.07) is 21.0. The Hall–Kier alpha value is -5.49. The monoisotopic (exact) mass is 775 g/mol. The standard InChI is InChI=1S/C45H47F2N5O5/c1-27-20-29(2-8-37(27)46)36-26-57-41-23-33(53)5-7-35(41)43(36)30-3-9-39(38(47)22-30)51-14-12-28(13-15-51)24-49-16-18-50(19-17-49)32-4-6-34-31(21-32)25-52(45(34)56)40-10-11-42(54)48-44(40)55/h2-9,20-23,28,36,40,43,53H,10-19,24-26H2,1H3,(H,48,54,55)/t36?,40-,43+/m0/s1. The Labute approximate surface area is 331 Å². The van der Waals surface area contributed by atoms with E-state index in [1.54, 1.807) is 36.1 Å². The molecule has 3 saturated heterocycles. The van der Waals surface area contributed by atoms with E-state index in [0.717, 1.165) is 86.6 Å². The summed E-state index contributed by atoms with van der Waals surface area (Å²) in [6.07, 6.45) is 2.55. The van der Waals surface area contributed by atoms with Crippen LogP contribution in [-0.4, -0.2) is 91.1 Å². The van der Waals surface area contributed by atoms with Crippen molar-refractivity contribution in [3.05, 3.63) is 118 Å². The first-order valence-corrected chi connectivity index (χ1v) is 20.1. The van der Waals surface area contributed by atoms with E-state index in [1.165, 1.54) is 6.07 Å². The van der Waals surface area contributed by atoms with Gasteiger partial charge in [-0.1, -0.05) is 24.3 Å². The number of phenols is 1. The van der Waals surface area contributed by atoms with E-state index < -0.39 is 11.9 Å². The molecule has 5 aliphatic heterocycles. The van der Waals surface area contributed by atoms with Crippen LogP contribution in [0.5, 0.6) is 11.5 Å². The predicted molar refractivity (Wildman–Crippen MR) is 212 cm³/mol. The van der Waals surface area contributed by atoms with Crippen LogP contribution in [0.4, 0.5) is 20.2 Å². The zero-order valence-corrected chi connectivity index (χ0v) is 32.1. The third-order valence-electron chi connectivity index (χ3n) is 12.8. The molecule has 4 aromatic carbocycles. The first-order chi connectivity index (χ1) is 27.6. The number of aromatic hydroxyl groups is 1. The van der Waals surface area contributed by atoms with Gasteiger partial charge in [-0.2, -0.15) is 0 Å². The SMILES string of the molecule is Cc1cc(C2COc3cc(O)ccc3[C@H]2c2ccc(N3CCC(CN4CCN(c5ccc6c(c5)CN([C@H]5CCC(=O)NC5=O)C6=O)CC4)CC3)c(F)c2)ccc1F. The van der Waals surface area contributed by atoms with Crippen LogP contribution in [0.15, 0.2) is 72.8 Å². The van der Waals surface area contributed by atoms with Gasteiger partial charge in [0.2, 0.25) is 11.8 Å². The van der Waals surface area contributed by atoms with Gasteiger partial charge < -0.3 is 24.5 Å². The number of hydrogen-bond acceptors (Lipinski definition) is 8. The average molecular weight is 776 g/mol. The highest BCUT2D eigenvalue weighted by atomic mass is 19.1. The van der Waals surface area contributed by atoms with E-state index in [9.17, 15) is 23.9 Å².